The molecule has 0 radical (unpaired) electrons. The lowest BCUT2D eigenvalue weighted by Crippen LogP contribution is -2.47. The maximum atomic E-state index is 12.3. The van der Waals surface area contributed by atoms with Gasteiger partial charge in [-0.05, 0) is 18.4 Å². The fourth-order valence-corrected chi connectivity index (χ4v) is 3.71. The summed E-state index contributed by atoms with van der Waals surface area (Å²) >= 11 is 0. The third kappa shape index (κ3) is 3.81. The van der Waals surface area contributed by atoms with Gasteiger partial charge in [0.2, 0.25) is 15.9 Å². The molecule has 1 saturated heterocycles. The minimum absolute atomic E-state index is 0.235. The number of hydrogen-bond acceptors (Lipinski definition) is 4. The standard InChI is InChI=1S/C14H20N2O4S/c1-21(19,20)16-9-5-8-13(16)14(18)15-12(10-17)11-6-3-2-4-7-11/h2-4,6-7,12-13,17H,5,8-10H2,1H3,(H,15,18). The van der Waals surface area contributed by atoms with Gasteiger partial charge >= 0.3 is 0 Å². The number of aliphatic hydroxyl groups excluding tert-OH is 1. The molecule has 21 heavy (non-hydrogen) atoms. The van der Waals surface area contributed by atoms with E-state index in [1.807, 2.05) is 30.3 Å². The van der Waals surface area contributed by atoms with Gasteiger partial charge in [-0.25, -0.2) is 8.42 Å². The molecule has 6 nitrogen and oxygen atoms in total. The Labute approximate surface area is 124 Å². The van der Waals surface area contributed by atoms with Gasteiger partial charge < -0.3 is 10.4 Å². The molecular formula is C14H20N2O4S. The van der Waals surface area contributed by atoms with Crippen LogP contribution in [0.4, 0.5) is 0 Å². The third-order valence-electron chi connectivity index (χ3n) is 3.63. The van der Waals surface area contributed by atoms with Gasteiger partial charge in [0.25, 0.3) is 0 Å². The highest BCUT2D eigenvalue weighted by atomic mass is 32.2. The highest BCUT2D eigenvalue weighted by molar-refractivity contribution is 7.88. The summed E-state index contributed by atoms with van der Waals surface area (Å²) in [4.78, 5) is 12.3. The Morgan fingerprint density at radius 1 is 1.43 bits per heavy atom. The van der Waals surface area contributed by atoms with Crippen molar-refractivity contribution in [1.29, 1.82) is 0 Å². The second kappa shape index (κ2) is 6.55. The minimum Gasteiger partial charge on any atom is -0.394 e. The summed E-state index contributed by atoms with van der Waals surface area (Å²) in [6, 6.07) is 7.90. The van der Waals surface area contributed by atoms with Crippen LogP contribution in [-0.2, 0) is 14.8 Å². The highest BCUT2D eigenvalue weighted by Gasteiger charge is 2.37. The summed E-state index contributed by atoms with van der Waals surface area (Å²) in [5.74, 6) is -0.360. The minimum atomic E-state index is -3.39. The van der Waals surface area contributed by atoms with Crippen molar-refractivity contribution in [3.8, 4) is 0 Å². The Balaban J connectivity index is 2.10. The average molecular weight is 312 g/mol. The summed E-state index contributed by atoms with van der Waals surface area (Å²) in [5, 5.41) is 12.2. The van der Waals surface area contributed by atoms with E-state index in [0.717, 1.165) is 11.8 Å². The van der Waals surface area contributed by atoms with Crippen molar-refractivity contribution < 1.29 is 18.3 Å². The molecule has 1 fully saturated rings. The van der Waals surface area contributed by atoms with Gasteiger partial charge in [-0.2, -0.15) is 4.31 Å². The molecule has 7 heteroatoms. The maximum absolute atomic E-state index is 12.3. The van der Waals surface area contributed by atoms with Gasteiger partial charge in [-0.3, -0.25) is 4.79 Å². The molecule has 1 aromatic rings. The van der Waals surface area contributed by atoms with Crippen LogP contribution in [0.15, 0.2) is 30.3 Å². The summed E-state index contributed by atoms with van der Waals surface area (Å²) in [7, 11) is -3.39. The highest BCUT2D eigenvalue weighted by Crippen LogP contribution is 2.21. The van der Waals surface area contributed by atoms with Crippen molar-refractivity contribution in [2.45, 2.75) is 24.9 Å². The lowest BCUT2D eigenvalue weighted by molar-refractivity contribution is -0.125. The summed E-state index contributed by atoms with van der Waals surface area (Å²) < 4.78 is 24.6. The van der Waals surface area contributed by atoms with Crippen LogP contribution in [0, 0.1) is 0 Å². The first kappa shape index (κ1) is 15.9. The van der Waals surface area contributed by atoms with Gasteiger partial charge in [0.15, 0.2) is 0 Å². The molecule has 116 valence electrons. The largest absolute Gasteiger partial charge is 0.394 e. The van der Waals surface area contributed by atoms with E-state index in [9.17, 15) is 18.3 Å². The van der Waals surface area contributed by atoms with Gasteiger partial charge in [-0.15, -0.1) is 0 Å². The molecule has 1 amide bonds. The van der Waals surface area contributed by atoms with Crippen molar-refractivity contribution in [3.05, 3.63) is 35.9 Å². The smallest absolute Gasteiger partial charge is 0.239 e. The predicted molar refractivity (Wildman–Crippen MR) is 79.0 cm³/mol. The molecule has 2 atom stereocenters. The van der Waals surface area contributed by atoms with Crippen LogP contribution >= 0.6 is 0 Å². The van der Waals surface area contributed by atoms with Crippen molar-refractivity contribution in [3.63, 3.8) is 0 Å². The number of nitrogens with zero attached hydrogens (tertiary/aromatic N) is 1. The van der Waals surface area contributed by atoms with Crippen molar-refractivity contribution in [2.24, 2.45) is 0 Å². The Hall–Kier alpha value is -1.44. The monoisotopic (exact) mass is 312 g/mol. The number of carbonyl (C=O) groups is 1. The third-order valence-corrected chi connectivity index (χ3v) is 4.92. The quantitative estimate of drug-likeness (QED) is 0.816. The lowest BCUT2D eigenvalue weighted by atomic mass is 10.1. The SMILES string of the molecule is CS(=O)(=O)N1CCCC1C(=O)NC(CO)c1ccccc1. The topological polar surface area (TPSA) is 86.7 Å². The van der Waals surface area contributed by atoms with Crippen LogP contribution in [0.2, 0.25) is 0 Å². The van der Waals surface area contributed by atoms with Gasteiger partial charge in [0.05, 0.1) is 18.9 Å². The van der Waals surface area contributed by atoms with Crippen LogP contribution in [-0.4, -0.2) is 49.2 Å². The zero-order chi connectivity index (χ0) is 15.5. The normalized spacial score (nSPS) is 21.1. The molecule has 0 aromatic heterocycles. The van der Waals surface area contributed by atoms with E-state index < -0.39 is 22.1 Å². The van der Waals surface area contributed by atoms with Crippen molar-refractivity contribution >= 4 is 15.9 Å². The van der Waals surface area contributed by atoms with E-state index in [-0.39, 0.29) is 12.5 Å². The Morgan fingerprint density at radius 3 is 2.67 bits per heavy atom. The summed E-state index contributed by atoms with van der Waals surface area (Å²) in [6.45, 7) is 0.132. The first-order valence-corrected chi connectivity index (χ1v) is 8.71. The Bertz CT molecular complexity index is 588. The second-order valence-corrected chi connectivity index (χ2v) is 7.12. The number of amides is 1. The number of benzene rings is 1. The zero-order valence-electron chi connectivity index (χ0n) is 11.9. The number of hydrogen-bond donors (Lipinski definition) is 2. The van der Waals surface area contributed by atoms with Crippen LogP contribution in [0.25, 0.3) is 0 Å². The fourth-order valence-electron chi connectivity index (χ4n) is 2.59. The van der Waals surface area contributed by atoms with E-state index in [1.165, 1.54) is 4.31 Å². The van der Waals surface area contributed by atoms with Gasteiger partial charge in [0, 0.05) is 6.54 Å². The molecular weight excluding hydrogens is 292 g/mol. The van der Waals surface area contributed by atoms with E-state index in [2.05, 4.69) is 5.32 Å². The van der Waals surface area contributed by atoms with E-state index in [0.29, 0.717) is 19.4 Å². The van der Waals surface area contributed by atoms with Crippen LogP contribution < -0.4 is 5.32 Å². The van der Waals surface area contributed by atoms with E-state index in [4.69, 9.17) is 0 Å². The first-order valence-electron chi connectivity index (χ1n) is 6.86. The van der Waals surface area contributed by atoms with E-state index >= 15 is 0 Å². The zero-order valence-corrected chi connectivity index (χ0v) is 12.7. The molecule has 1 aromatic carbocycles. The molecule has 1 aliphatic rings. The number of carbonyl (C=O) groups excluding carboxylic acids is 1. The van der Waals surface area contributed by atoms with E-state index in [1.54, 1.807) is 0 Å². The van der Waals surface area contributed by atoms with Crippen LogP contribution in [0.3, 0.4) is 0 Å². The van der Waals surface area contributed by atoms with Crippen LogP contribution in [0.1, 0.15) is 24.4 Å². The predicted octanol–water partition coefficient (Wildman–Crippen LogP) is 0.260. The molecule has 2 unspecified atom stereocenters. The number of sulfonamides is 1. The van der Waals surface area contributed by atoms with Crippen molar-refractivity contribution in [1.82, 2.24) is 9.62 Å². The molecule has 1 aliphatic heterocycles. The van der Waals surface area contributed by atoms with Crippen LogP contribution in [0.5, 0.6) is 0 Å². The van der Waals surface area contributed by atoms with Crippen molar-refractivity contribution in [2.75, 3.05) is 19.4 Å². The molecule has 0 bridgehead atoms. The van der Waals surface area contributed by atoms with Gasteiger partial charge in [0.1, 0.15) is 6.04 Å². The second-order valence-electron chi connectivity index (χ2n) is 5.19. The fraction of sp³-hybridized carbons (Fsp3) is 0.500. The molecule has 2 rings (SSSR count). The number of nitrogens with one attached hydrogen (secondary N) is 1. The average Bonchev–Trinajstić information content (AvgIpc) is 2.95. The van der Waals surface area contributed by atoms with Gasteiger partial charge in [-0.1, -0.05) is 30.3 Å². The summed E-state index contributed by atoms with van der Waals surface area (Å²) in [5.41, 5.74) is 0.789. The maximum Gasteiger partial charge on any atom is 0.239 e. The molecule has 1 heterocycles. The Kier molecular flexibility index (Phi) is 4.97. The molecule has 0 spiro atoms. The number of aliphatic hydroxyl groups is 1. The molecule has 2 N–H and O–H groups in total. The first-order chi connectivity index (χ1) is 9.93. The molecule has 0 aliphatic carbocycles. The number of rotatable bonds is 5. The lowest BCUT2D eigenvalue weighted by Gasteiger charge is -2.24. The Morgan fingerprint density at radius 2 is 2.10 bits per heavy atom. The summed E-state index contributed by atoms with van der Waals surface area (Å²) in [6.07, 6.45) is 2.28. The molecule has 0 saturated carbocycles.